The van der Waals surface area contributed by atoms with Gasteiger partial charge in [0.2, 0.25) is 0 Å². The number of carbonyl (C=O) groups excluding carboxylic acids is 3. The van der Waals surface area contributed by atoms with E-state index < -0.39 is 37.5 Å². The van der Waals surface area contributed by atoms with Gasteiger partial charge in [-0.05, 0) is 0 Å². The first-order valence-electron chi connectivity index (χ1n) is 3.35. The van der Waals surface area contributed by atoms with Gasteiger partial charge in [0.05, 0.1) is 0 Å². The van der Waals surface area contributed by atoms with Crippen LogP contribution in [0.25, 0.3) is 17.2 Å². The molecule has 19 heavy (non-hydrogen) atoms. The van der Waals surface area contributed by atoms with Crippen LogP contribution < -0.4 is 15.3 Å². The molecule has 0 amide bonds. The molecule has 0 radical (unpaired) electrons. The van der Waals surface area contributed by atoms with E-state index in [2.05, 4.69) is 0 Å². The fourth-order valence-corrected chi connectivity index (χ4v) is 0. The molecular weight excluding hydrogens is 391 g/mol. The Morgan fingerprint density at radius 1 is 0.684 bits per heavy atom. The first kappa shape index (κ1) is 42.7. The monoisotopic (exact) mass is 399 g/mol. The number of rotatable bonds is 3. The van der Waals surface area contributed by atoms with Crippen molar-refractivity contribution in [1.29, 1.82) is 0 Å². The number of nitrogens with one attached hydrogen (secondary N) is 3. The Hall–Kier alpha value is 0.528. The molecule has 0 saturated carbocycles. The van der Waals surface area contributed by atoms with Crippen LogP contribution in [0.4, 0.5) is 0 Å². The fraction of sp³-hybridized carbons (Fsp3) is 0.500. The largest absolute Gasteiger partial charge is 3.00 e. The Morgan fingerprint density at radius 2 is 0.737 bits per heavy atom. The van der Waals surface area contributed by atoms with Crippen molar-refractivity contribution in [2.75, 3.05) is 19.6 Å². The van der Waals surface area contributed by atoms with E-state index in [9.17, 15) is 0 Å². The first-order chi connectivity index (χ1) is 6.81. The Bertz CT molecular complexity index is 182. The Balaban J connectivity index is -0.0000000206. The van der Waals surface area contributed by atoms with Gasteiger partial charge in [-0.1, -0.05) is 0 Å². The summed E-state index contributed by atoms with van der Waals surface area (Å²) in [7, 11) is 0. The Labute approximate surface area is 157 Å². The molecule has 0 unspecified atom stereocenters. The molecule has 9 nitrogen and oxygen atoms in total. The van der Waals surface area contributed by atoms with Crippen LogP contribution in [-0.2, 0) is 40.6 Å². The van der Waals surface area contributed by atoms with Gasteiger partial charge in [-0.15, -0.1) is 32.0 Å². The average Bonchev–Trinajstić information content (AvgIpc) is 2.19. The van der Waals surface area contributed by atoms with Gasteiger partial charge in [-0.25, -0.2) is 0 Å². The molecule has 102 valence electrons. The van der Waals surface area contributed by atoms with Crippen LogP contribution in [0.3, 0.4) is 0 Å². The summed E-state index contributed by atoms with van der Waals surface area (Å²) in [5.41, 5.74) is 18.0. The Morgan fingerprint density at radius 3 is 0.737 bits per heavy atom. The molecule has 0 spiro atoms. The molecule has 0 saturated heterocycles. The van der Waals surface area contributed by atoms with E-state index in [4.69, 9.17) is 46.9 Å². The number of carbonyl (C=O) groups is 3. The van der Waals surface area contributed by atoms with Gasteiger partial charge >= 0.3 is 34.7 Å². The topological polar surface area (TPSA) is 192 Å². The van der Waals surface area contributed by atoms with Crippen molar-refractivity contribution in [3.8, 4) is 0 Å². The number of hydrogen-bond acceptors (Lipinski definition) is 6. The number of aliphatic carboxylic acids is 3. The maximum Gasteiger partial charge on any atom is 3.00 e. The minimum atomic E-state index is -1.33. The van der Waals surface area contributed by atoms with Crippen LogP contribution in [0.1, 0.15) is 0 Å². The third kappa shape index (κ3) is 119. The smallest absolute Gasteiger partial charge is 0.673 e. The van der Waals surface area contributed by atoms with E-state index >= 15 is 0 Å². The van der Waals surface area contributed by atoms with E-state index in [1.807, 2.05) is 0 Å². The van der Waals surface area contributed by atoms with Gasteiger partial charge in [0.25, 0.3) is 0 Å². The summed E-state index contributed by atoms with van der Waals surface area (Å²) in [6, 6.07) is 0. The summed E-state index contributed by atoms with van der Waals surface area (Å²) < 4.78 is 0. The molecule has 0 aromatic rings. The SMILES string of the molecule is Cl.[Al+3].[Al+3].[NH-]CC(=O)[O-].[NH-]CC(=O)[O-].[NH-]CC(=O)[O-].[Zr]. The zero-order valence-corrected chi connectivity index (χ0v) is 15.2. The minimum Gasteiger partial charge on any atom is -0.673 e. The van der Waals surface area contributed by atoms with Gasteiger partial charge in [0.1, 0.15) is 0 Å². The molecule has 0 aromatic carbocycles. The van der Waals surface area contributed by atoms with Gasteiger partial charge in [0, 0.05) is 44.1 Å². The molecule has 0 fully saturated rings. The molecule has 13 heteroatoms. The predicted molar refractivity (Wildman–Crippen MR) is 61.3 cm³/mol. The minimum absolute atomic E-state index is 0. The molecule has 0 bridgehead atoms. The van der Waals surface area contributed by atoms with Gasteiger partial charge < -0.3 is 46.9 Å². The normalized spacial score (nSPS) is 5.84. The van der Waals surface area contributed by atoms with Crippen LogP contribution in [0, 0.1) is 0 Å². The van der Waals surface area contributed by atoms with Crippen molar-refractivity contribution in [2.24, 2.45) is 0 Å². The number of hydrogen-bond donors (Lipinski definition) is 0. The first-order valence-corrected chi connectivity index (χ1v) is 3.35. The van der Waals surface area contributed by atoms with Gasteiger partial charge in [-0.3, -0.25) is 0 Å². The van der Waals surface area contributed by atoms with Crippen molar-refractivity contribution in [1.82, 2.24) is 0 Å². The molecule has 3 N–H and O–H groups in total. The molecule has 0 aliphatic rings. The van der Waals surface area contributed by atoms with Crippen LogP contribution in [0.5, 0.6) is 0 Å². The summed E-state index contributed by atoms with van der Waals surface area (Å²) in [5.74, 6) is -3.99. The second kappa shape index (κ2) is 36.3. The second-order valence-electron chi connectivity index (χ2n) is 1.65. The van der Waals surface area contributed by atoms with E-state index in [0.717, 1.165) is 0 Å². The second-order valence-corrected chi connectivity index (χ2v) is 1.65. The van der Waals surface area contributed by atoms with E-state index in [1.165, 1.54) is 0 Å². The fourth-order valence-electron chi connectivity index (χ4n) is 0. The van der Waals surface area contributed by atoms with E-state index in [0.29, 0.717) is 0 Å². The maximum atomic E-state index is 9.07. The summed E-state index contributed by atoms with van der Waals surface area (Å²) in [6.45, 7) is -1.92. The van der Waals surface area contributed by atoms with E-state index in [1.54, 1.807) is 0 Å². The molecular formula is C6H10Al2ClN3O6Zr. The van der Waals surface area contributed by atoms with E-state index in [-0.39, 0.29) is 73.3 Å². The Kier molecular flexibility index (Phi) is 81.5. The van der Waals surface area contributed by atoms with Crippen molar-refractivity contribution in [3.05, 3.63) is 17.2 Å². The number of carboxylic acid groups (broad SMARTS) is 3. The van der Waals surface area contributed by atoms with Crippen molar-refractivity contribution >= 4 is 65.0 Å². The van der Waals surface area contributed by atoms with Crippen LogP contribution in [0.15, 0.2) is 0 Å². The van der Waals surface area contributed by atoms with Crippen LogP contribution in [0.2, 0.25) is 0 Å². The molecule has 0 aliphatic heterocycles. The number of carboxylic acids is 3. The summed E-state index contributed by atoms with van der Waals surface area (Å²) in [5, 5.41) is 27.2. The summed E-state index contributed by atoms with van der Waals surface area (Å²) in [6.07, 6.45) is 0. The summed E-state index contributed by atoms with van der Waals surface area (Å²) >= 11 is 0. The predicted octanol–water partition coefficient (Wildman–Crippen LogP) is -3.98. The maximum absolute atomic E-state index is 9.07. The molecule has 0 heterocycles. The molecule has 0 atom stereocenters. The zero-order chi connectivity index (χ0) is 12.9. The van der Waals surface area contributed by atoms with Gasteiger partial charge in [-0.2, -0.15) is 0 Å². The van der Waals surface area contributed by atoms with Crippen LogP contribution in [-0.4, -0.2) is 72.3 Å². The zero-order valence-electron chi connectivity index (χ0n) is 9.63. The third-order valence-electron chi connectivity index (χ3n) is 0.433. The molecule has 0 aliphatic carbocycles. The number of halogens is 1. The molecule has 0 rings (SSSR count). The quantitative estimate of drug-likeness (QED) is 0.433. The third-order valence-corrected chi connectivity index (χ3v) is 0.433. The van der Waals surface area contributed by atoms with Crippen molar-refractivity contribution in [2.45, 2.75) is 0 Å². The van der Waals surface area contributed by atoms with Crippen molar-refractivity contribution in [3.63, 3.8) is 0 Å². The average molecular weight is 401 g/mol. The van der Waals surface area contributed by atoms with Gasteiger partial charge in [0.15, 0.2) is 0 Å². The molecule has 0 aromatic heterocycles. The van der Waals surface area contributed by atoms with Crippen LogP contribution >= 0.6 is 12.4 Å². The van der Waals surface area contributed by atoms with Crippen molar-refractivity contribution < 1.29 is 55.9 Å². The summed E-state index contributed by atoms with van der Waals surface area (Å²) in [4.78, 5) is 27.2. The standard InChI is InChI=1S/3C2H4NO2.2Al.ClH.Zr/c3*3-1-2(4)5;;;;/h3*3H,1H2,(H,4,5);;;1H;/q3*-1;2*+3;;/p-3.